The highest BCUT2D eigenvalue weighted by atomic mass is 32.2. The van der Waals surface area contributed by atoms with Crippen LogP contribution in [0, 0.1) is 0 Å². The molecule has 0 saturated carbocycles. The normalized spacial score (nSPS) is 11.6. The van der Waals surface area contributed by atoms with Gasteiger partial charge in [-0.25, -0.2) is 13.4 Å². The van der Waals surface area contributed by atoms with E-state index < -0.39 is 15.7 Å². The minimum atomic E-state index is -3.58. The van der Waals surface area contributed by atoms with Crippen molar-refractivity contribution in [2.24, 2.45) is 0 Å². The molecule has 0 aliphatic rings. The van der Waals surface area contributed by atoms with Gasteiger partial charge in [0.1, 0.15) is 5.82 Å². The van der Waals surface area contributed by atoms with Crippen molar-refractivity contribution in [2.45, 2.75) is 11.3 Å². The lowest BCUT2D eigenvalue weighted by atomic mass is 10.4. The first kappa shape index (κ1) is 15.0. The predicted octanol–water partition coefficient (Wildman–Crippen LogP) is 1.06. The van der Waals surface area contributed by atoms with Crippen LogP contribution in [0.2, 0.25) is 0 Å². The Kier molecular flexibility index (Phi) is 4.89. The Balaban J connectivity index is 1.87. The zero-order chi connectivity index (χ0) is 15.1. The van der Waals surface area contributed by atoms with Crippen molar-refractivity contribution in [3.05, 3.63) is 60.0 Å². The first-order valence-corrected chi connectivity index (χ1v) is 7.87. The second-order valence-corrected chi connectivity index (χ2v) is 6.07. The molecule has 2 aromatic rings. The van der Waals surface area contributed by atoms with Gasteiger partial charge in [0, 0.05) is 36.8 Å². The fourth-order valence-electron chi connectivity index (χ4n) is 1.64. The van der Waals surface area contributed by atoms with Crippen LogP contribution in [0.5, 0.6) is 0 Å². The van der Waals surface area contributed by atoms with E-state index in [2.05, 4.69) is 15.3 Å². The summed E-state index contributed by atoms with van der Waals surface area (Å²) in [4.78, 5) is 18.6. The Bertz CT molecular complexity index is 707. The molecule has 6 nitrogen and oxygen atoms in total. The van der Waals surface area contributed by atoms with Crippen LogP contribution >= 0.6 is 0 Å². The Morgan fingerprint density at radius 3 is 2.71 bits per heavy atom. The van der Waals surface area contributed by atoms with E-state index in [4.69, 9.17) is 0 Å². The van der Waals surface area contributed by atoms with Crippen LogP contribution in [-0.2, 0) is 21.1 Å². The van der Waals surface area contributed by atoms with Gasteiger partial charge < -0.3 is 10.3 Å². The summed E-state index contributed by atoms with van der Waals surface area (Å²) in [6.45, 7) is 0.377. The van der Waals surface area contributed by atoms with Gasteiger partial charge >= 0.3 is 0 Å². The van der Waals surface area contributed by atoms with Crippen molar-refractivity contribution >= 4 is 15.7 Å². The van der Waals surface area contributed by atoms with E-state index in [1.54, 1.807) is 30.6 Å². The highest BCUT2D eigenvalue weighted by molar-refractivity contribution is 7.94. The summed E-state index contributed by atoms with van der Waals surface area (Å²) in [5.41, 5.74) is 0. The summed E-state index contributed by atoms with van der Waals surface area (Å²) < 4.78 is 23.8. The van der Waals surface area contributed by atoms with Crippen LogP contribution < -0.4 is 5.32 Å². The van der Waals surface area contributed by atoms with E-state index in [1.165, 1.54) is 12.1 Å². The van der Waals surface area contributed by atoms with Gasteiger partial charge in [-0.15, -0.1) is 0 Å². The smallest absolute Gasteiger partial charge is 0.244 e. The van der Waals surface area contributed by atoms with Crippen molar-refractivity contribution in [1.29, 1.82) is 0 Å². The number of carbonyl (C=O) groups excluding carboxylic acids is 1. The summed E-state index contributed by atoms with van der Waals surface area (Å²) in [5, 5.41) is 3.50. The number of amides is 1. The molecule has 2 rings (SSSR count). The molecule has 2 N–H and O–H groups in total. The van der Waals surface area contributed by atoms with Gasteiger partial charge in [0.05, 0.1) is 4.90 Å². The van der Waals surface area contributed by atoms with E-state index in [0.717, 1.165) is 17.3 Å². The van der Waals surface area contributed by atoms with E-state index in [0.29, 0.717) is 13.0 Å². The van der Waals surface area contributed by atoms with E-state index in [9.17, 15) is 13.2 Å². The first-order valence-electron chi connectivity index (χ1n) is 6.32. The third kappa shape index (κ3) is 4.57. The number of H-pyrrole nitrogens is 1. The fourth-order valence-corrected chi connectivity index (χ4v) is 2.63. The molecule has 0 unspecified atom stereocenters. The predicted molar refractivity (Wildman–Crippen MR) is 78.1 cm³/mol. The lowest BCUT2D eigenvalue weighted by Gasteiger charge is -2.00. The highest BCUT2D eigenvalue weighted by Gasteiger charge is 2.09. The maximum Gasteiger partial charge on any atom is 0.244 e. The molecule has 21 heavy (non-hydrogen) atoms. The minimum Gasteiger partial charge on any atom is -0.352 e. The number of nitrogens with one attached hydrogen (secondary N) is 2. The lowest BCUT2D eigenvalue weighted by Crippen LogP contribution is -2.24. The molecule has 0 aliphatic heterocycles. The number of carbonyl (C=O) groups is 1. The van der Waals surface area contributed by atoms with Crippen LogP contribution in [0.15, 0.2) is 59.1 Å². The van der Waals surface area contributed by atoms with Gasteiger partial charge in [-0.2, -0.15) is 0 Å². The summed E-state index contributed by atoms with van der Waals surface area (Å²) >= 11 is 0. The second kappa shape index (κ2) is 6.85. The van der Waals surface area contributed by atoms with Crippen molar-refractivity contribution in [1.82, 2.24) is 15.3 Å². The van der Waals surface area contributed by atoms with Gasteiger partial charge in [0.15, 0.2) is 9.84 Å². The summed E-state index contributed by atoms with van der Waals surface area (Å²) in [5.74, 6) is 0.303. The molecule has 0 fully saturated rings. The van der Waals surface area contributed by atoms with Crippen molar-refractivity contribution in [3.8, 4) is 0 Å². The SMILES string of the molecule is O=C(/C=C/S(=O)(=O)c1ccccc1)NCCc1ncc[nH]1. The monoisotopic (exact) mass is 305 g/mol. The number of aromatic amines is 1. The third-order valence-corrected chi connectivity index (χ3v) is 4.11. The van der Waals surface area contributed by atoms with E-state index in [1.807, 2.05) is 0 Å². The molecule has 1 aromatic carbocycles. The number of rotatable bonds is 6. The number of hydrogen-bond acceptors (Lipinski definition) is 4. The molecular formula is C14H15N3O3S. The summed E-state index contributed by atoms with van der Waals surface area (Å²) in [6, 6.07) is 7.95. The topological polar surface area (TPSA) is 91.9 Å². The van der Waals surface area contributed by atoms with Crippen LogP contribution in [-0.4, -0.2) is 30.8 Å². The molecule has 1 heterocycles. The number of benzene rings is 1. The summed E-state index contributed by atoms with van der Waals surface area (Å²) in [6.07, 6.45) is 4.90. The molecule has 0 aliphatic carbocycles. The molecule has 0 radical (unpaired) electrons. The van der Waals surface area contributed by atoms with Gasteiger partial charge in [-0.3, -0.25) is 4.79 Å². The maximum atomic E-state index is 11.9. The highest BCUT2D eigenvalue weighted by Crippen LogP contribution is 2.10. The zero-order valence-electron chi connectivity index (χ0n) is 11.2. The fraction of sp³-hybridized carbons (Fsp3) is 0.143. The molecule has 1 aromatic heterocycles. The molecule has 7 heteroatoms. The second-order valence-electron chi connectivity index (χ2n) is 4.24. The standard InChI is InChI=1S/C14H15N3O3S/c18-14(17-8-6-13-15-9-10-16-13)7-11-21(19,20)12-4-2-1-3-5-12/h1-5,7,9-11H,6,8H2,(H,15,16)(H,17,18)/b11-7+. The molecule has 0 spiro atoms. The number of sulfone groups is 1. The zero-order valence-corrected chi connectivity index (χ0v) is 12.0. The van der Waals surface area contributed by atoms with Crippen LogP contribution in [0.4, 0.5) is 0 Å². The largest absolute Gasteiger partial charge is 0.352 e. The quantitative estimate of drug-likeness (QED) is 0.780. The van der Waals surface area contributed by atoms with E-state index in [-0.39, 0.29) is 4.90 Å². The average molecular weight is 305 g/mol. The van der Waals surface area contributed by atoms with Crippen LogP contribution in [0.25, 0.3) is 0 Å². The van der Waals surface area contributed by atoms with Crippen LogP contribution in [0.3, 0.4) is 0 Å². The first-order chi connectivity index (χ1) is 10.1. The Labute approximate surface area is 122 Å². The van der Waals surface area contributed by atoms with Crippen molar-refractivity contribution in [2.75, 3.05) is 6.54 Å². The van der Waals surface area contributed by atoms with Gasteiger partial charge in [0.25, 0.3) is 0 Å². The lowest BCUT2D eigenvalue weighted by molar-refractivity contribution is -0.116. The molecule has 0 bridgehead atoms. The Hall–Kier alpha value is -2.41. The minimum absolute atomic E-state index is 0.157. The number of imidazole rings is 1. The number of aromatic nitrogens is 2. The van der Waals surface area contributed by atoms with Crippen molar-refractivity contribution < 1.29 is 13.2 Å². The third-order valence-electron chi connectivity index (χ3n) is 2.69. The number of hydrogen-bond donors (Lipinski definition) is 2. The molecular weight excluding hydrogens is 290 g/mol. The van der Waals surface area contributed by atoms with Crippen LogP contribution in [0.1, 0.15) is 5.82 Å². The molecule has 0 atom stereocenters. The van der Waals surface area contributed by atoms with Crippen molar-refractivity contribution in [3.63, 3.8) is 0 Å². The Morgan fingerprint density at radius 1 is 1.29 bits per heavy atom. The van der Waals surface area contributed by atoms with Gasteiger partial charge in [0.2, 0.25) is 5.91 Å². The van der Waals surface area contributed by atoms with E-state index >= 15 is 0 Å². The summed E-state index contributed by atoms with van der Waals surface area (Å²) in [7, 11) is -3.58. The molecule has 0 saturated heterocycles. The van der Waals surface area contributed by atoms with Gasteiger partial charge in [-0.1, -0.05) is 18.2 Å². The molecule has 1 amide bonds. The average Bonchev–Trinajstić information content (AvgIpc) is 2.99. The maximum absolute atomic E-state index is 11.9. The number of nitrogens with zero attached hydrogens (tertiary/aromatic N) is 1. The molecule has 110 valence electrons. The van der Waals surface area contributed by atoms with Gasteiger partial charge in [-0.05, 0) is 12.1 Å². The Morgan fingerprint density at radius 2 is 2.05 bits per heavy atom.